The predicted octanol–water partition coefficient (Wildman–Crippen LogP) is 3.84. The quantitative estimate of drug-likeness (QED) is 0.420. The number of anilines is 2. The van der Waals surface area contributed by atoms with Gasteiger partial charge < -0.3 is 24.5 Å². The van der Waals surface area contributed by atoms with Crippen molar-refractivity contribution in [2.75, 3.05) is 36.0 Å². The summed E-state index contributed by atoms with van der Waals surface area (Å²) in [5.41, 5.74) is 0.0476. The largest absolute Gasteiger partial charge is 0.396 e. The van der Waals surface area contributed by atoms with Crippen LogP contribution in [0, 0.1) is 11.8 Å². The molecule has 2 bridgehead atoms. The van der Waals surface area contributed by atoms with Gasteiger partial charge in [0.2, 0.25) is 11.8 Å². The first-order chi connectivity index (χ1) is 19.4. The summed E-state index contributed by atoms with van der Waals surface area (Å²) >= 11 is 6.50. The maximum atomic E-state index is 14.4. The summed E-state index contributed by atoms with van der Waals surface area (Å²) in [6.45, 7) is 8.12. The fraction of sp³-hybridized carbons (Fsp3) is 0.387. The SMILES string of the molecule is C=CCN(C(=O)[C@@H]1[C@@H]2CCC3(O2)C(C(=O)N(CC=C)c2ccccc2Cl)N(CCCO)C(=O)[C@H]13)c1ccccc1. The summed E-state index contributed by atoms with van der Waals surface area (Å²) in [4.78, 5) is 47.4. The number of para-hydroxylation sites is 2. The molecule has 3 amide bonds. The van der Waals surface area contributed by atoms with Gasteiger partial charge in [0.25, 0.3) is 5.91 Å². The van der Waals surface area contributed by atoms with Crippen LogP contribution in [0.15, 0.2) is 79.9 Å². The van der Waals surface area contributed by atoms with Crippen LogP contribution in [0.4, 0.5) is 11.4 Å². The number of aliphatic hydroxyl groups is 1. The van der Waals surface area contributed by atoms with Crippen molar-refractivity contribution in [1.82, 2.24) is 4.90 Å². The first kappa shape index (κ1) is 28.1. The number of amides is 3. The number of carbonyl (C=O) groups is 3. The summed E-state index contributed by atoms with van der Waals surface area (Å²) in [5.74, 6) is -2.43. The van der Waals surface area contributed by atoms with E-state index in [4.69, 9.17) is 16.3 Å². The minimum absolute atomic E-state index is 0.143. The van der Waals surface area contributed by atoms with Gasteiger partial charge in [0.05, 0.1) is 28.6 Å². The van der Waals surface area contributed by atoms with Gasteiger partial charge in [0, 0.05) is 31.9 Å². The van der Waals surface area contributed by atoms with Gasteiger partial charge >= 0.3 is 0 Å². The number of hydrogen-bond acceptors (Lipinski definition) is 5. The van der Waals surface area contributed by atoms with E-state index in [1.807, 2.05) is 30.3 Å². The molecule has 3 fully saturated rings. The standard InChI is InChI=1S/C31H34ClN3O5/c1-3-17-33(21-11-6-5-7-12-21)28(37)25-24-15-16-31(40-24)26(25)29(38)35(19-10-20-36)27(31)30(39)34(18-4-2)23-14-9-8-13-22(23)32/h3-9,11-14,24-27,36H,1-2,10,15-20H2/t24-,25+,26-,27?,31?/m0/s1. The van der Waals surface area contributed by atoms with Crippen molar-refractivity contribution in [3.8, 4) is 0 Å². The third-order valence-electron chi connectivity index (χ3n) is 8.24. The molecule has 5 rings (SSSR count). The molecule has 2 aromatic rings. The highest BCUT2D eigenvalue weighted by molar-refractivity contribution is 6.34. The van der Waals surface area contributed by atoms with Crippen LogP contribution in [0.5, 0.6) is 0 Å². The first-order valence-corrected chi connectivity index (χ1v) is 14.0. The van der Waals surface area contributed by atoms with Gasteiger partial charge in [-0.05, 0) is 43.5 Å². The fourth-order valence-electron chi connectivity index (χ4n) is 6.69. The van der Waals surface area contributed by atoms with Crippen molar-refractivity contribution in [3.63, 3.8) is 0 Å². The molecule has 3 aliphatic rings. The molecular formula is C31H34ClN3O5. The summed E-state index contributed by atoms with van der Waals surface area (Å²) in [5, 5.41) is 10.0. The molecule has 8 nitrogen and oxygen atoms in total. The monoisotopic (exact) mass is 563 g/mol. The van der Waals surface area contributed by atoms with Crippen LogP contribution in [-0.4, -0.2) is 71.7 Å². The Morgan fingerprint density at radius 3 is 2.40 bits per heavy atom. The Morgan fingerprint density at radius 2 is 1.73 bits per heavy atom. The van der Waals surface area contributed by atoms with Crippen LogP contribution in [0.2, 0.25) is 5.02 Å². The lowest BCUT2D eigenvalue weighted by Gasteiger charge is -2.37. The highest BCUT2D eigenvalue weighted by Gasteiger charge is 2.75. The van der Waals surface area contributed by atoms with E-state index in [0.717, 1.165) is 0 Å². The van der Waals surface area contributed by atoms with Crippen LogP contribution in [0.3, 0.4) is 0 Å². The van der Waals surface area contributed by atoms with Gasteiger partial charge in [0.1, 0.15) is 11.6 Å². The molecule has 210 valence electrons. The highest BCUT2D eigenvalue weighted by atomic mass is 35.5. The maximum Gasteiger partial charge on any atom is 0.253 e. The minimum Gasteiger partial charge on any atom is -0.396 e. The van der Waals surface area contributed by atoms with E-state index < -0.39 is 29.6 Å². The smallest absolute Gasteiger partial charge is 0.253 e. The van der Waals surface area contributed by atoms with Gasteiger partial charge in [-0.2, -0.15) is 0 Å². The molecule has 3 heterocycles. The molecule has 2 aromatic carbocycles. The van der Waals surface area contributed by atoms with E-state index in [2.05, 4.69) is 13.2 Å². The zero-order valence-electron chi connectivity index (χ0n) is 22.3. The molecule has 0 saturated carbocycles. The molecule has 40 heavy (non-hydrogen) atoms. The summed E-state index contributed by atoms with van der Waals surface area (Å²) in [6, 6.07) is 15.3. The number of likely N-dealkylation sites (tertiary alicyclic amines) is 1. The number of carbonyl (C=O) groups excluding carboxylic acids is 3. The van der Waals surface area contributed by atoms with Crippen molar-refractivity contribution in [1.29, 1.82) is 0 Å². The molecule has 0 aliphatic carbocycles. The highest BCUT2D eigenvalue weighted by Crippen LogP contribution is 2.59. The third kappa shape index (κ3) is 4.54. The fourth-order valence-corrected chi connectivity index (χ4v) is 6.93. The lowest BCUT2D eigenvalue weighted by atomic mass is 9.70. The number of fused-ring (bicyclic) bond motifs is 1. The van der Waals surface area contributed by atoms with E-state index in [1.165, 1.54) is 9.80 Å². The van der Waals surface area contributed by atoms with Crippen molar-refractivity contribution < 1.29 is 24.2 Å². The molecule has 3 saturated heterocycles. The van der Waals surface area contributed by atoms with E-state index in [1.54, 1.807) is 41.3 Å². The minimum atomic E-state index is -1.16. The number of aliphatic hydroxyl groups excluding tert-OH is 1. The Bertz CT molecular complexity index is 1300. The van der Waals surface area contributed by atoms with Gasteiger partial charge in [-0.15, -0.1) is 13.2 Å². The summed E-state index contributed by atoms with van der Waals surface area (Å²) < 4.78 is 6.59. The van der Waals surface area contributed by atoms with E-state index in [9.17, 15) is 19.5 Å². The molecule has 0 aromatic heterocycles. The Morgan fingerprint density at radius 1 is 1.05 bits per heavy atom. The molecule has 1 spiro atoms. The Kier molecular flexibility index (Phi) is 8.12. The predicted molar refractivity (Wildman–Crippen MR) is 154 cm³/mol. The number of hydrogen-bond donors (Lipinski definition) is 1. The molecular weight excluding hydrogens is 530 g/mol. The Hall–Kier alpha value is -3.46. The van der Waals surface area contributed by atoms with Gasteiger partial charge in [-0.25, -0.2) is 0 Å². The van der Waals surface area contributed by atoms with Crippen molar-refractivity contribution in [2.24, 2.45) is 11.8 Å². The second-order valence-corrected chi connectivity index (χ2v) is 10.8. The molecule has 1 N–H and O–H groups in total. The zero-order chi connectivity index (χ0) is 28.4. The first-order valence-electron chi connectivity index (χ1n) is 13.6. The third-order valence-corrected chi connectivity index (χ3v) is 8.56. The van der Waals surface area contributed by atoms with Crippen molar-refractivity contribution in [2.45, 2.75) is 37.0 Å². The molecule has 3 aliphatic heterocycles. The average molecular weight is 564 g/mol. The molecule has 5 atom stereocenters. The second kappa shape index (κ2) is 11.6. The number of rotatable bonds is 11. The number of benzene rings is 2. The molecule has 9 heteroatoms. The van der Waals surface area contributed by atoms with Crippen LogP contribution >= 0.6 is 11.6 Å². The second-order valence-electron chi connectivity index (χ2n) is 10.4. The normalized spacial score (nSPS) is 26.4. The molecule has 2 unspecified atom stereocenters. The van der Waals surface area contributed by atoms with E-state index in [0.29, 0.717) is 35.7 Å². The van der Waals surface area contributed by atoms with Crippen LogP contribution in [0.25, 0.3) is 0 Å². The average Bonchev–Trinajstić information content (AvgIpc) is 3.61. The topological polar surface area (TPSA) is 90.4 Å². The Balaban J connectivity index is 1.56. The number of nitrogens with zero attached hydrogens (tertiary/aromatic N) is 3. The van der Waals surface area contributed by atoms with E-state index in [-0.39, 0.29) is 44.0 Å². The van der Waals surface area contributed by atoms with Gasteiger partial charge in [0.15, 0.2) is 0 Å². The lowest BCUT2D eigenvalue weighted by molar-refractivity contribution is -0.141. The number of halogens is 1. The van der Waals surface area contributed by atoms with Gasteiger partial charge in [-0.3, -0.25) is 14.4 Å². The van der Waals surface area contributed by atoms with Crippen LogP contribution in [0.1, 0.15) is 19.3 Å². The van der Waals surface area contributed by atoms with Crippen LogP contribution in [-0.2, 0) is 19.1 Å². The van der Waals surface area contributed by atoms with Crippen molar-refractivity contribution >= 4 is 40.7 Å². The van der Waals surface area contributed by atoms with E-state index >= 15 is 0 Å². The summed E-state index contributed by atoms with van der Waals surface area (Å²) in [6.07, 6.45) is 4.10. The van der Waals surface area contributed by atoms with Crippen LogP contribution < -0.4 is 9.80 Å². The maximum absolute atomic E-state index is 14.4. The number of ether oxygens (including phenoxy) is 1. The Labute approximate surface area is 239 Å². The zero-order valence-corrected chi connectivity index (χ0v) is 23.1. The molecule has 0 radical (unpaired) electrons. The summed E-state index contributed by atoms with van der Waals surface area (Å²) in [7, 11) is 0. The van der Waals surface area contributed by atoms with Crippen molar-refractivity contribution in [3.05, 3.63) is 84.9 Å². The van der Waals surface area contributed by atoms with Gasteiger partial charge in [-0.1, -0.05) is 54.1 Å². The lowest BCUT2D eigenvalue weighted by Crippen LogP contribution is -2.56.